The van der Waals surface area contributed by atoms with Gasteiger partial charge in [-0.25, -0.2) is 8.42 Å². The van der Waals surface area contributed by atoms with Gasteiger partial charge >= 0.3 is 0 Å². The van der Waals surface area contributed by atoms with Crippen molar-refractivity contribution in [3.8, 4) is 5.75 Å². The zero-order valence-electron chi connectivity index (χ0n) is 12.4. The summed E-state index contributed by atoms with van der Waals surface area (Å²) in [6.07, 6.45) is 0.675. The Morgan fingerprint density at radius 1 is 1.50 bits per heavy atom. The molecule has 1 heterocycles. The minimum Gasteiger partial charge on any atom is -0.495 e. The van der Waals surface area contributed by atoms with Crippen LogP contribution in [0.4, 0.5) is 5.69 Å². The van der Waals surface area contributed by atoms with Gasteiger partial charge in [-0.2, -0.15) is 4.31 Å². The molecule has 1 fully saturated rings. The summed E-state index contributed by atoms with van der Waals surface area (Å²) in [6.45, 7) is 2.50. The normalized spacial score (nSPS) is 20.8. The Morgan fingerprint density at radius 3 is 2.68 bits per heavy atom. The number of hydrogen-bond donors (Lipinski definition) is 1. The number of ether oxygens (including phenoxy) is 1. The first-order valence-electron chi connectivity index (χ1n) is 6.85. The quantitative estimate of drug-likeness (QED) is 0.635. The van der Waals surface area contributed by atoms with E-state index in [1.807, 2.05) is 6.92 Å². The molecule has 2 N–H and O–H groups in total. The van der Waals surface area contributed by atoms with E-state index in [9.17, 15) is 18.5 Å². The number of nitro groups is 1. The molecule has 2 rings (SSSR count). The van der Waals surface area contributed by atoms with Crippen molar-refractivity contribution in [2.45, 2.75) is 24.3 Å². The molecule has 1 aliphatic heterocycles. The molecule has 0 bridgehead atoms. The Hall–Kier alpha value is -1.71. The number of methoxy groups -OCH3 is 1. The Labute approximate surface area is 129 Å². The second-order valence-corrected chi connectivity index (χ2v) is 7.27. The first kappa shape index (κ1) is 16.7. The second-order valence-electron chi connectivity index (χ2n) is 5.36. The van der Waals surface area contributed by atoms with Crippen molar-refractivity contribution in [3.63, 3.8) is 0 Å². The molecule has 1 aliphatic rings. The fourth-order valence-corrected chi connectivity index (χ4v) is 4.21. The van der Waals surface area contributed by atoms with Crippen LogP contribution < -0.4 is 10.5 Å². The van der Waals surface area contributed by atoms with Crippen LogP contribution in [0.2, 0.25) is 0 Å². The van der Waals surface area contributed by atoms with Gasteiger partial charge in [-0.3, -0.25) is 10.1 Å². The Balaban J connectivity index is 2.41. The fourth-order valence-electron chi connectivity index (χ4n) is 2.52. The summed E-state index contributed by atoms with van der Waals surface area (Å²) in [5, 5.41) is 10.9. The van der Waals surface area contributed by atoms with Crippen LogP contribution in [0, 0.1) is 16.0 Å². The number of benzene rings is 1. The molecular formula is C13H19N3O5S. The number of nitro benzene ring substituents is 1. The lowest BCUT2D eigenvalue weighted by atomic mass is 10.0. The van der Waals surface area contributed by atoms with E-state index >= 15 is 0 Å². The third kappa shape index (κ3) is 3.06. The average molecular weight is 329 g/mol. The van der Waals surface area contributed by atoms with Crippen LogP contribution in [0.5, 0.6) is 5.75 Å². The Bertz CT molecular complexity index is 674. The summed E-state index contributed by atoms with van der Waals surface area (Å²) in [7, 11) is -2.53. The second kappa shape index (κ2) is 6.19. The summed E-state index contributed by atoms with van der Waals surface area (Å²) in [5.41, 5.74) is 5.54. The molecule has 2 atom stereocenters. The molecule has 1 aromatic rings. The van der Waals surface area contributed by atoms with Gasteiger partial charge in [-0.15, -0.1) is 0 Å². The largest absolute Gasteiger partial charge is 0.495 e. The number of sulfonamides is 1. The Morgan fingerprint density at radius 2 is 2.18 bits per heavy atom. The van der Waals surface area contributed by atoms with Crippen LogP contribution in [0.3, 0.4) is 0 Å². The van der Waals surface area contributed by atoms with Crippen LogP contribution in [-0.2, 0) is 10.0 Å². The van der Waals surface area contributed by atoms with Crippen molar-refractivity contribution >= 4 is 15.7 Å². The van der Waals surface area contributed by atoms with Crippen molar-refractivity contribution < 1.29 is 18.1 Å². The lowest BCUT2D eigenvalue weighted by Crippen LogP contribution is -2.33. The van der Waals surface area contributed by atoms with E-state index in [1.54, 1.807) is 0 Å². The minimum absolute atomic E-state index is 0.0828. The van der Waals surface area contributed by atoms with Gasteiger partial charge in [0.25, 0.3) is 5.69 Å². The minimum atomic E-state index is -3.86. The predicted octanol–water partition coefficient (Wildman–Crippen LogP) is 0.961. The number of hydrogen-bond acceptors (Lipinski definition) is 6. The van der Waals surface area contributed by atoms with Crippen LogP contribution in [0.25, 0.3) is 0 Å². The van der Waals surface area contributed by atoms with Crippen LogP contribution in [-0.4, -0.2) is 43.9 Å². The standard InChI is InChI=1S/C13H19N3O5S/c1-9(14)10-5-6-15(8-10)22(19,20)13-7-11(16(17)18)3-4-12(13)21-2/h3-4,7,9-10H,5-6,8,14H2,1-2H3. The predicted molar refractivity (Wildman–Crippen MR) is 80.2 cm³/mol. The molecule has 9 heteroatoms. The van der Waals surface area contributed by atoms with Gasteiger partial charge in [-0.05, 0) is 25.3 Å². The van der Waals surface area contributed by atoms with Crippen molar-refractivity contribution in [3.05, 3.63) is 28.3 Å². The monoisotopic (exact) mass is 329 g/mol. The molecule has 8 nitrogen and oxygen atoms in total. The maximum absolute atomic E-state index is 12.7. The smallest absolute Gasteiger partial charge is 0.271 e. The van der Waals surface area contributed by atoms with E-state index in [2.05, 4.69) is 0 Å². The molecule has 0 radical (unpaired) electrons. The van der Waals surface area contributed by atoms with Crippen LogP contribution >= 0.6 is 0 Å². The van der Waals surface area contributed by atoms with Gasteiger partial charge in [0, 0.05) is 31.3 Å². The molecule has 1 saturated heterocycles. The highest BCUT2D eigenvalue weighted by atomic mass is 32.2. The fraction of sp³-hybridized carbons (Fsp3) is 0.538. The van der Waals surface area contributed by atoms with Crippen LogP contribution in [0.15, 0.2) is 23.1 Å². The zero-order valence-corrected chi connectivity index (χ0v) is 13.2. The highest BCUT2D eigenvalue weighted by Gasteiger charge is 2.36. The lowest BCUT2D eigenvalue weighted by Gasteiger charge is -2.19. The third-order valence-electron chi connectivity index (χ3n) is 3.91. The van der Waals surface area contributed by atoms with E-state index in [0.717, 1.165) is 6.07 Å². The third-order valence-corrected chi connectivity index (χ3v) is 5.79. The topological polar surface area (TPSA) is 116 Å². The summed E-state index contributed by atoms with van der Waals surface area (Å²) >= 11 is 0. The molecular weight excluding hydrogens is 310 g/mol. The summed E-state index contributed by atoms with van der Waals surface area (Å²) in [4.78, 5) is 10.1. The Kier molecular flexibility index (Phi) is 4.69. The highest BCUT2D eigenvalue weighted by molar-refractivity contribution is 7.89. The molecule has 0 aromatic heterocycles. The van der Waals surface area contributed by atoms with E-state index in [4.69, 9.17) is 10.5 Å². The van der Waals surface area contributed by atoms with Gasteiger partial charge in [0.15, 0.2) is 0 Å². The van der Waals surface area contributed by atoms with Gasteiger partial charge in [0.1, 0.15) is 10.6 Å². The number of rotatable bonds is 5. The van der Waals surface area contributed by atoms with Crippen molar-refractivity contribution in [2.75, 3.05) is 20.2 Å². The molecule has 122 valence electrons. The van der Waals surface area contributed by atoms with Gasteiger partial charge in [0.05, 0.1) is 12.0 Å². The molecule has 2 unspecified atom stereocenters. The van der Waals surface area contributed by atoms with Gasteiger partial charge in [0.2, 0.25) is 10.0 Å². The molecule has 0 aliphatic carbocycles. The zero-order chi connectivity index (χ0) is 16.5. The van der Waals surface area contributed by atoms with E-state index in [1.165, 1.54) is 23.5 Å². The number of non-ortho nitro benzene ring substituents is 1. The van der Waals surface area contributed by atoms with Crippen molar-refractivity contribution in [1.29, 1.82) is 0 Å². The molecule has 22 heavy (non-hydrogen) atoms. The highest BCUT2D eigenvalue weighted by Crippen LogP contribution is 2.33. The van der Waals surface area contributed by atoms with E-state index in [0.29, 0.717) is 19.5 Å². The summed E-state index contributed by atoms with van der Waals surface area (Å²) < 4.78 is 31.8. The molecule has 1 aromatic carbocycles. The average Bonchev–Trinajstić information content (AvgIpc) is 2.97. The van der Waals surface area contributed by atoms with Crippen molar-refractivity contribution in [2.24, 2.45) is 11.7 Å². The van der Waals surface area contributed by atoms with E-state index in [-0.39, 0.29) is 28.3 Å². The van der Waals surface area contributed by atoms with Gasteiger partial charge < -0.3 is 10.5 Å². The summed E-state index contributed by atoms with van der Waals surface area (Å²) in [6, 6.07) is 3.44. The molecule has 0 saturated carbocycles. The summed E-state index contributed by atoms with van der Waals surface area (Å²) in [5.74, 6) is 0.175. The molecule has 0 amide bonds. The first-order valence-corrected chi connectivity index (χ1v) is 8.29. The van der Waals surface area contributed by atoms with Gasteiger partial charge in [-0.1, -0.05) is 0 Å². The number of nitrogens with zero attached hydrogens (tertiary/aromatic N) is 2. The maximum Gasteiger partial charge on any atom is 0.271 e. The molecule has 0 spiro atoms. The lowest BCUT2D eigenvalue weighted by molar-refractivity contribution is -0.385. The maximum atomic E-state index is 12.7. The number of nitrogens with two attached hydrogens (primary N) is 1. The van der Waals surface area contributed by atoms with Crippen molar-refractivity contribution in [1.82, 2.24) is 4.31 Å². The first-order chi connectivity index (χ1) is 10.3. The SMILES string of the molecule is COc1ccc([N+](=O)[O-])cc1S(=O)(=O)N1CCC(C(C)N)C1. The van der Waals surface area contributed by atoms with E-state index < -0.39 is 14.9 Å². The van der Waals surface area contributed by atoms with Crippen LogP contribution in [0.1, 0.15) is 13.3 Å².